The molecule has 29 heavy (non-hydrogen) atoms. The lowest BCUT2D eigenvalue weighted by atomic mass is 10.1. The van der Waals surface area contributed by atoms with E-state index >= 15 is 0 Å². The van der Waals surface area contributed by atoms with Gasteiger partial charge in [-0.15, -0.1) is 11.3 Å². The summed E-state index contributed by atoms with van der Waals surface area (Å²) in [6, 6.07) is 13.6. The molecular weight excluding hydrogens is 384 g/mol. The van der Waals surface area contributed by atoms with Gasteiger partial charge in [-0.25, -0.2) is 4.98 Å². The maximum absolute atomic E-state index is 11.4. The smallest absolute Gasteiger partial charge is 0.258 e. The Labute approximate surface area is 172 Å². The van der Waals surface area contributed by atoms with E-state index in [2.05, 4.69) is 32.7 Å². The molecule has 146 valence electrons. The minimum atomic E-state index is -0.124. The van der Waals surface area contributed by atoms with Crippen LogP contribution in [0.1, 0.15) is 24.4 Å². The molecule has 0 aliphatic heterocycles. The number of aryl methyl sites for hydroxylation is 2. The van der Waals surface area contributed by atoms with Crippen LogP contribution in [0.3, 0.4) is 0 Å². The first-order valence-corrected chi connectivity index (χ1v) is 10.2. The van der Waals surface area contributed by atoms with E-state index in [1.807, 2.05) is 49.4 Å². The Kier molecular flexibility index (Phi) is 5.22. The molecule has 0 saturated heterocycles. The summed E-state index contributed by atoms with van der Waals surface area (Å²) in [6.07, 6.45) is 0.926. The van der Waals surface area contributed by atoms with Crippen LogP contribution < -0.4 is 5.32 Å². The lowest BCUT2D eigenvalue weighted by Gasteiger charge is -2.07. The number of carbonyl (C=O) groups is 1. The molecule has 2 aromatic carbocycles. The van der Waals surface area contributed by atoms with Crippen LogP contribution >= 0.6 is 11.3 Å². The molecule has 0 saturated carbocycles. The number of anilines is 1. The van der Waals surface area contributed by atoms with E-state index in [1.54, 1.807) is 11.3 Å². The van der Waals surface area contributed by atoms with Crippen molar-refractivity contribution in [3.8, 4) is 34.1 Å². The van der Waals surface area contributed by atoms with Crippen molar-refractivity contribution in [1.82, 2.24) is 15.1 Å². The van der Waals surface area contributed by atoms with Gasteiger partial charge in [-0.1, -0.05) is 36.3 Å². The predicted octanol–water partition coefficient (Wildman–Crippen LogP) is 5.36. The molecule has 2 aromatic heterocycles. The number of nitrogens with one attached hydrogen (secondary N) is 1. The Bertz CT molecular complexity index is 1180. The van der Waals surface area contributed by atoms with E-state index in [-0.39, 0.29) is 5.91 Å². The Morgan fingerprint density at radius 3 is 2.69 bits per heavy atom. The summed E-state index contributed by atoms with van der Waals surface area (Å²) in [4.78, 5) is 20.6. The van der Waals surface area contributed by atoms with Gasteiger partial charge in [-0.05, 0) is 37.1 Å². The number of hydrogen-bond acceptors (Lipinski definition) is 6. The number of nitrogens with zero attached hydrogens (tertiary/aromatic N) is 3. The molecule has 0 spiro atoms. The van der Waals surface area contributed by atoms with Gasteiger partial charge in [-0.3, -0.25) is 4.79 Å². The first-order valence-electron chi connectivity index (χ1n) is 9.31. The van der Waals surface area contributed by atoms with Crippen LogP contribution in [0, 0.1) is 6.92 Å². The van der Waals surface area contributed by atoms with Crippen LogP contribution in [0.25, 0.3) is 34.1 Å². The summed E-state index contributed by atoms with van der Waals surface area (Å²) < 4.78 is 5.48. The zero-order valence-corrected chi connectivity index (χ0v) is 17.2. The van der Waals surface area contributed by atoms with E-state index in [1.165, 1.54) is 6.92 Å². The molecule has 1 N–H and O–H groups in total. The van der Waals surface area contributed by atoms with Crippen LogP contribution in [0.4, 0.5) is 5.69 Å². The third-order valence-electron chi connectivity index (χ3n) is 4.49. The first kappa shape index (κ1) is 19.0. The minimum absolute atomic E-state index is 0.124. The minimum Gasteiger partial charge on any atom is -0.334 e. The highest BCUT2D eigenvalue weighted by Gasteiger charge is 2.14. The highest BCUT2D eigenvalue weighted by molar-refractivity contribution is 7.09. The van der Waals surface area contributed by atoms with Gasteiger partial charge in [0, 0.05) is 34.7 Å². The maximum atomic E-state index is 11.4. The summed E-state index contributed by atoms with van der Waals surface area (Å²) in [7, 11) is 0. The van der Waals surface area contributed by atoms with Crippen molar-refractivity contribution in [1.29, 1.82) is 0 Å². The SMILES string of the molecule is CCc1nc(-c2cccc(-c3noc(-c4ccc(C)c(NC(C)=O)c4)n3)c2)cs1. The molecule has 0 unspecified atom stereocenters. The Balaban J connectivity index is 1.64. The summed E-state index contributed by atoms with van der Waals surface area (Å²) in [6.45, 7) is 5.51. The third-order valence-corrected chi connectivity index (χ3v) is 5.49. The second-order valence-corrected chi connectivity index (χ2v) is 7.64. The Morgan fingerprint density at radius 2 is 1.93 bits per heavy atom. The van der Waals surface area contributed by atoms with E-state index in [0.29, 0.717) is 11.7 Å². The van der Waals surface area contributed by atoms with Crippen molar-refractivity contribution in [3.63, 3.8) is 0 Å². The lowest BCUT2D eigenvalue weighted by molar-refractivity contribution is -0.114. The van der Waals surface area contributed by atoms with Gasteiger partial charge in [0.15, 0.2) is 0 Å². The third kappa shape index (κ3) is 4.09. The molecule has 0 aliphatic carbocycles. The van der Waals surface area contributed by atoms with Crippen LogP contribution in [0.15, 0.2) is 52.4 Å². The highest BCUT2D eigenvalue weighted by atomic mass is 32.1. The van der Waals surface area contributed by atoms with Crippen molar-refractivity contribution in [3.05, 3.63) is 58.4 Å². The second kappa shape index (κ2) is 7.97. The highest BCUT2D eigenvalue weighted by Crippen LogP contribution is 2.29. The van der Waals surface area contributed by atoms with E-state index in [0.717, 1.165) is 45.1 Å². The van der Waals surface area contributed by atoms with Crippen LogP contribution in [-0.2, 0) is 11.2 Å². The van der Waals surface area contributed by atoms with Crippen LogP contribution in [-0.4, -0.2) is 21.0 Å². The molecule has 1 amide bonds. The number of rotatable bonds is 5. The number of benzene rings is 2. The molecule has 6 nitrogen and oxygen atoms in total. The molecule has 4 aromatic rings. The second-order valence-electron chi connectivity index (χ2n) is 6.69. The number of hydrogen-bond donors (Lipinski definition) is 1. The molecule has 0 atom stereocenters. The summed E-state index contributed by atoms with van der Waals surface area (Å²) in [5, 5.41) is 10.1. The fourth-order valence-corrected chi connectivity index (χ4v) is 3.71. The van der Waals surface area contributed by atoms with Crippen molar-refractivity contribution >= 4 is 22.9 Å². The molecule has 7 heteroatoms. The maximum Gasteiger partial charge on any atom is 0.258 e. The summed E-state index contributed by atoms with van der Waals surface area (Å²) in [5.41, 5.74) is 5.28. The lowest BCUT2D eigenvalue weighted by Crippen LogP contribution is -2.07. The molecule has 2 heterocycles. The average molecular weight is 404 g/mol. The van der Waals surface area contributed by atoms with Crippen molar-refractivity contribution in [2.75, 3.05) is 5.32 Å². The monoisotopic (exact) mass is 404 g/mol. The molecular formula is C22H20N4O2S. The van der Waals surface area contributed by atoms with Crippen molar-refractivity contribution < 1.29 is 9.32 Å². The van der Waals surface area contributed by atoms with E-state index < -0.39 is 0 Å². The van der Waals surface area contributed by atoms with Gasteiger partial charge in [0.05, 0.1) is 10.7 Å². The molecule has 4 rings (SSSR count). The van der Waals surface area contributed by atoms with Crippen LogP contribution in [0.2, 0.25) is 0 Å². The fraction of sp³-hybridized carbons (Fsp3) is 0.182. The Hall–Kier alpha value is -3.32. The number of amides is 1. The average Bonchev–Trinajstić information content (AvgIpc) is 3.39. The fourth-order valence-electron chi connectivity index (χ4n) is 2.96. The van der Waals surface area contributed by atoms with Crippen LogP contribution in [0.5, 0.6) is 0 Å². The zero-order chi connectivity index (χ0) is 20.4. The molecule has 0 aliphatic rings. The topological polar surface area (TPSA) is 80.9 Å². The zero-order valence-electron chi connectivity index (χ0n) is 16.4. The van der Waals surface area contributed by atoms with Gasteiger partial charge in [0.1, 0.15) is 0 Å². The number of carbonyl (C=O) groups excluding carboxylic acids is 1. The number of aromatic nitrogens is 3. The van der Waals surface area contributed by atoms with Gasteiger partial charge in [0.2, 0.25) is 11.7 Å². The van der Waals surface area contributed by atoms with Gasteiger partial charge < -0.3 is 9.84 Å². The Morgan fingerprint density at radius 1 is 1.10 bits per heavy atom. The van der Waals surface area contributed by atoms with E-state index in [9.17, 15) is 4.79 Å². The van der Waals surface area contributed by atoms with Gasteiger partial charge >= 0.3 is 0 Å². The standard InChI is InChI=1S/C22H20N4O2S/c1-4-20-24-19(12-29-20)15-6-5-7-16(10-15)21-25-22(28-26-21)17-9-8-13(2)18(11-17)23-14(3)27/h5-12H,4H2,1-3H3,(H,23,27). The molecule has 0 bridgehead atoms. The summed E-state index contributed by atoms with van der Waals surface area (Å²) in [5.74, 6) is 0.787. The molecule has 0 fully saturated rings. The first-order chi connectivity index (χ1) is 14.0. The predicted molar refractivity (Wildman–Crippen MR) is 115 cm³/mol. The van der Waals surface area contributed by atoms with Crippen molar-refractivity contribution in [2.24, 2.45) is 0 Å². The van der Waals surface area contributed by atoms with Crippen molar-refractivity contribution in [2.45, 2.75) is 27.2 Å². The van der Waals surface area contributed by atoms with Gasteiger partial charge in [-0.2, -0.15) is 4.98 Å². The van der Waals surface area contributed by atoms with E-state index in [4.69, 9.17) is 4.52 Å². The normalized spacial score (nSPS) is 10.9. The number of thiazole rings is 1. The quantitative estimate of drug-likeness (QED) is 0.484. The largest absolute Gasteiger partial charge is 0.334 e. The summed E-state index contributed by atoms with van der Waals surface area (Å²) >= 11 is 1.66. The molecule has 0 radical (unpaired) electrons. The van der Waals surface area contributed by atoms with Gasteiger partial charge in [0.25, 0.3) is 5.89 Å².